The standard InChI is InChI=1S/C32H20N2/c1-2-8-27-26(7-1)28-9-5-6-23-18-25(19-29(27)32(23)28)22-13-11-21(12-14-22)24-15-16-31(34-20-24)30-10-3-4-17-33-30/h1-20H. The summed E-state index contributed by atoms with van der Waals surface area (Å²) in [6, 6.07) is 38.8. The molecule has 0 bridgehead atoms. The van der Waals surface area contributed by atoms with Crippen LogP contribution in [0, 0.1) is 0 Å². The normalized spacial score (nSPS) is 11.5. The monoisotopic (exact) mass is 432 g/mol. The Morgan fingerprint density at radius 3 is 1.82 bits per heavy atom. The van der Waals surface area contributed by atoms with Crippen LogP contribution in [0.1, 0.15) is 0 Å². The molecule has 34 heavy (non-hydrogen) atoms. The lowest BCUT2D eigenvalue weighted by Gasteiger charge is -2.09. The maximum absolute atomic E-state index is 4.63. The van der Waals surface area contributed by atoms with Crippen molar-refractivity contribution < 1.29 is 0 Å². The van der Waals surface area contributed by atoms with Gasteiger partial charge in [-0.1, -0.05) is 78.9 Å². The van der Waals surface area contributed by atoms with E-state index in [2.05, 4.69) is 94.9 Å². The number of hydrogen-bond acceptors (Lipinski definition) is 2. The molecular weight excluding hydrogens is 412 g/mol. The van der Waals surface area contributed by atoms with Gasteiger partial charge in [0.2, 0.25) is 0 Å². The molecule has 7 rings (SSSR count). The maximum atomic E-state index is 4.63. The lowest BCUT2D eigenvalue weighted by molar-refractivity contribution is 1.25. The first-order valence-corrected chi connectivity index (χ1v) is 11.5. The van der Waals surface area contributed by atoms with Crippen LogP contribution in [0.4, 0.5) is 0 Å². The summed E-state index contributed by atoms with van der Waals surface area (Å²) in [4.78, 5) is 9.01. The first-order valence-electron chi connectivity index (χ1n) is 11.5. The van der Waals surface area contributed by atoms with E-state index in [-0.39, 0.29) is 0 Å². The topological polar surface area (TPSA) is 25.8 Å². The fraction of sp³-hybridized carbons (Fsp3) is 0. The second-order valence-electron chi connectivity index (χ2n) is 8.70. The van der Waals surface area contributed by atoms with E-state index in [0.29, 0.717) is 0 Å². The van der Waals surface area contributed by atoms with Gasteiger partial charge in [-0.15, -0.1) is 0 Å². The summed E-state index contributed by atoms with van der Waals surface area (Å²) >= 11 is 0. The molecule has 0 unspecified atom stereocenters. The second-order valence-corrected chi connectivity index (χ2v) is 8.70. The largest absolute Gasteiger partial charge is 0.255 e. The summed E-state index contributed by atoms with van der Waals surface area (Å²) in [6.45, 7) is 0. The third-order valence-electron chi connectivity index (χ3n) is 6.73. The minimum atomic E-state index is 0.884. The number of rotatable bonds is 3. The molecule has 0 saturated carbocycles. The molecule has 0 radical (unpaired) electrons. The summed E-state index contributed by atoms with van der Waals surface area (Å²) in [5.74, 6) is 0. The molecule has 0 fully saturated rings. The van der Waals surface area contributed by atoms with Crippen molar-refractivity contribution in [2.75, 3.05) is 0 Å². The molecule has 2 heterocycles. The van der Waals surface area contributed by atoms with Crippen LogP contribution in [0.2, 0.25) is 0 Å². The molecule has 0 N–H and O–H groups in total. The first kappa shape index (κ1) is 19.0. The van der Waals surface area contributed by atoms with Crippen LogP contribution in [0.15, 0.2) is 122 Å². The number of benzene rings is 4. The number of fused-ring (bicyclic) bond motifs is 3. The molecule has 4 aromatic carbocycles. The molecule has 2 heteroatoms. The highest BCUT2D eigenvalue weighted by Crippen LogP contribution is 2.48. The van der Waals surface area contributed by atoms with Crippen molar-refractivity contribution in [2.24, 2.45) is 0 Å². The fourth-order valence-corrected chi connectivity index (χ4v) is 5.07. The SMILES string of the molecule is c1ccc(-c2ccc(-c3ccc(-c4cc5c6c(cccc6c4)-c4ccccc4-5)cc3)cn2)nc1. The Balaban J connectivity index is 1.25. The zero-order chi connectivity index (χ0) is 22.5. The van der Waals surface area contributed by atoms with Crippen LogP contribution in [0.3, 0.4) is 0 Å². The van der Waals surface area contributed by atoms with Crippen LogP contribution in [0.5, 0.6) is 0 Å². The average molecular weight is 433 g/mol. The molecule has 0 saturated heterocycles. The Hall–Kier alpha value is -4.56. The number of hydrogen-bond donors (Lipinski definition) is 0. The highest BCUT2D eigenvalue weighted by Gasteiger charge is 2.21. The van der Waals surface area contributed by atoms with E-state index >= 15 is 0 Å². The van der Waals surface area contributed by atoms with Gasteiger partial charge in [-0.05, 0) is 80.0 Å². The van der Waals surface area contributed by atoms with E-state index in [0.717, 1.165) is 22.5 Å². The highest BCUT2D eigenvalue weighted by molar-refractivity contribution is 6.16. The van der Waals surface area contributed by atoms with Crippen molar-refractivity contribution >= 4 is 10.8 Å². The molecule has 0 aliphatic heterocycles. The molecule has 1 aliphatic carbocycles. The van der Waals surface area contributed by atoms with Gasteiger partial charge in [0.15, 0.2) is 0 Å². The van der Waals surface area contributed by atoms with Crippen LogP contribution in [-0.4, -0.2) is 9.97 Å². The Morgan fingerprint density at radius 1 is 0.412 bits per heavy atom. The summed E-state index contributed by atoms with van der Waals surface area (Å²) < 4.78 is 0. The first-order chi connectivity index (χ1) is 16.8. The summed E-state index contributed by atoms with van der Waals surface area (Å²) in [5.41, 5.74) is 11.8. The molecule has 0 amide bonds. The molecular formula is C32H20N2. The zero-order valence-corrected chi connectivity index (χ0v) is 18.4. The van der Waals surface area contributed by atoms with Crippen molar-refractivity contribution in [2.45, 2.75) is 0 Å². The van der Waals surface area contributed by atoms with E-state index < -0.39 is 0 Å². The van der Waals surface area contributed by atoms with Gasteiger partial charge in [-0.25, -0.2) is 0 Å². The van der Waals surface area contributed by atoms with Gasteiger partial charge in [0.1, 0.15) is 0 Å². The molecule has 158 valence electrons. The van der Waals surface area contributed by atoms with Crippen LogP contribution in [-0.2, 0) is 0 Å². The molecule has 2 aromatic heterocycles. The second kappa shape index (κ2) is 7.50. The summed E-state index contributed by atoms with van der Waals surface area (Å²) in [7, 11) is 0. The minimum Gasteiger partial charge on any atom is -0.255 e. The van der Waals surface area contributed by atoms with Gasteiger partial charge in [0, 0.05) is 18.0 Å². The maximum Gasteiger partial charge on any atom is 0.0886 e. The quantitative estimate of drug-likeness (QED) is 0.281. The Bertz CT molecular complexity index is 1670. The van der Waals surface area contributed by atoms with Crippen molar-refractivity contribution in [3.05, 3.63) is 122 Å². The predicted molar refractivity (Wildman–Crippen MR) is 140 cm³/mol. The Kier molecular flexibility index (Phi) is 4.18. The highest BCUT2D eigenvalue weighted by atomic mass is 14.8. The summed E-state index contributed by atoms with van der Waals surface area (Å²) in [5, 5.41) is 2.66. The van der Waals surface area contributed by atoms with E-state index in [1.54, 1.807) is 6.20 Å². The van der Waals surface area contributed by atoms with Gasteiger partial charge in [0.25, 0.3) is 0 Å². The van der Waals surface area contributed by atoms with E-state index in [4.69, 9.17) is 0 Å². The van der Waals surface area contributed by atoms with Crippen LogP contribution < -0.4 is 0 Å². The lowest BCUT2D eigenvalue weighted by Crippen LogP contribution is -1.87. The lowest BCUT2D eigenvalue weighted by atomic mass is 9.95. The minimum absolute atomic E-state index is 0.884. The molecule has 0 atom stereocenters. The third kappa shape index (κ3) is 2.96. The number of aromatic nitrogens is 2. The zero-order valence-electron chi connectivity index (χ0n) is 18.4. The Labute approximate surface area is 198 Å². The van der Waals surface area contributed by atoms with Crippen molar-refractivity contribution in [3.63, 3.8) is 0 Å². The van der Waals surface area contributed by atoms with Gasteiger partial charge in [-0.2, -0.15) is 0 Å². The van der Waals surface area contributed by atoms with Crippen molar-refractivity contribution in [3.8, 4) is 55.9 Å². The van der Waals surface area contributed by atoms with E-state index in [9.17, 15) is 0 Å². The molecule has 2 nitrogen and oxygen atoms in total. The van der Waals surface area contributed by atoms with Crippen molar-refractivity contribution in [1.29, 1.82) is 0 Å². The van der Waals surface area contributed by atoms with Crippen molar-refractivity contribution in [1.82, 2.24) is 9.97 Å². The number of pyridine rings is 2. The van der Waals surface area contributed by atoms with Gasteiger partial charge >= 0.3 is 0 Å². The molecule has 6 aromatic rings. The van der Waals surface area contributed by atoms with Gasteiger partial charge in [-0.3, -0.25) is 9.97 Å². The predicted octanol–water partition coefficient (Wildman–Crippen LogP) is 8.28. The molecule has 1 aliphatic rings. The molecule has 0 spiro atoms. The van der Waals surface area contributed by atoms with Crippen LogP contribution in [0.25, 0.3) is 66.7 Å². The smallest absolute Gasteiger partial charge is 0.0886 e. The van der Waals surface area contributed by atoms with E-state index in [1.165, 1.54) is 44.2 Å². The average Bonchev–Trinajstić information content (AvgIpc) is 3.25. The van der Waals surface area contributed by atoms with Gasteiger partial charge < -0.3 is 0 Å². The summed E-state index contributed by atoms with van der Waals surface area (Å²) in [6.07, 6.45) is 3.72. The van der Waals surface area contributed by atoms with Gasteiger partial charge in [0.05, 0.1) is 11.4 Å². The Morgan fingerprint density at radius 2 is 1.09 bits per heavy atom. The fourth-order valence-electron chi connectivity index (χ4n) is 5.07. The number of nitrogens with zero attached hydrogens (tertiary/aromatic N) is 2. The third-order valence-corrected chi connectivity index (χ3v) is 6.73. The van der Waals surface area contributed by atoms with Crippen LogP contribution >= 0.6 is 0 Å². The van der Waals surface area contributed by atoms with E-state index in [1.807, 2.05) is 30.5 Å².